The number of carbonyl (C=O) groups excluding carboxylic acids is 2. The second-order valence-electron chi connectivity index (χ2n) is 8.31. The van der Waals surface area contributed by atoms with Gasteiger partial charge in [0.15, 0.2) is 5.17 Å². The zero-order chi connectivity index (χ0) is 22.9. The van der Waals surface area contributed by atoms with E-state index in [-0.39, 0.29) is 18.4 Å². The van der Waals surface area contributed by atoms with Crippen molar-refractivity contribution in [2.75, 3.05) is 13.7 Å². The van der Waals surface area contributed by atoms with Crippen LogP contribution in [0.2, 0.25) is 0 Å². The molecule has 168 valence electrons. The number of benzene rings is 2. The summed E-state index contributed by atoms with van der Waals surface area (Å²) < 4.78 is 5.11. The van der Waals surface area contributed by atoms with E-state index in [0.29, 0.717) is 24.4 Å². The standard InChI is InChI=1S/C26H25N3O3S/c1-17-23(25(31)32-2)24(19-9-4-3-5-10-19)29-21(16-33-26(29)27-17)14-22(30)28-13-12-18-8-6-7-11-20(18)15-28/h3-11,16,24H,12-15H2,1-2H3. The van der Waals surface area contributed by atoms with Crippen LogP contribution in [0.1, 0.15) is 36.1 Å². The number of methoxy groups -OCH3 is 1. The Morgan fingerprint density at radius 1 is 1.09 bits per heavy atom. The van der Waals surface area contributed by atoms with E-state index in [1.807, 2.05) is 64.6 Å². The summed E-state index contributed by atoms with van der Waals surface area (Å²) in [6, 6.07) is 17.8. The smallest absolute Gasteiger partial charge is 0.338 e. The lowest BCUT2D eigenvalue weighted by molar-refractivity contribution is -0.136. The van der Waals surface area contributed by atoms with Crippen molar-refractivity contribution in [3.8, 4) is 0 Å². The Labute approximate surface area is 197 Å². The first kappa shape index (κ1) is 21.5. The van der Waals surface area contributed by atoms with Crippen LogP contribution in [0.5, 0.6) is 0 Å². The van der Waals surface area contributed by atoms with Gasteiger partial charge >= 0.3 is 5.97 Å². The lowest BCUT2D eigenvalue weighted by Gasteiger charge is -2.37. The number of amidine groups is 1. The number of fused-ring (bicyclic) bond motifs is 2. The van der Waals surface area contributed by atoms with E-state index >= 15 is 0 Å². The Morgan fingerprint density at radius 2 is 1.82 bits per heavy atom. The third-order valence-corrected chi connectivity index (χ3v) is 7.23. The number of thioether (sulfide) groups is 1. The predicted octanol–water partition coefficient (Wildman–Crippen LogP) is 4.41. The van der Waals surface area contributed by atoms with Gasteiger partial charge in [-0.1, -0.05) is 66.4 Å². The maximum Gasteiger partial charge on any atom is 0.338 e. The molecule has 1 atom stereocenters. The molecule has 0 saturated carbocycles. The summed E-state index contributed by atoms with van der Waals surface area (Å²) >= 11 is 1.49. The van der Waals surface area contributed by atoms with Crippen LogP contribution in [0.15, 0.2) is 82.0 Å². The van der Waals surface area contributed by atoms with Crippen molar-refractivity contribution in [2.24, 2.45) is 4.99 Å². The zero-order valence-electron chi connectivity index (χ0n) is 18.7. The van der Waals surface area contributed by atoms with Gasteiger partial charge in [0.05, 0.1) is 30.8 Å². The van der Waals surface area contributed by atoms with Crippen LogP contribution in [-0.4, -0.2) is 40.5 Å². The third kappa shape index (κ3) is 3.97. The van der Waals surface area contributed by atoms with Gasteiger partial charge in [-0.3, -0.25) is 4.79 Å². The Kier molecular flexibility index (Phi) is 5.81. The third-order valence-electron chi connectivity index (χ3n) is 6.34. The molecular weight excluding hydrogens is 434 g/mol. The fraction of sp³-hybridized carbons (Fsp3) is 0.269. The Balaban J connectivity index is 1.43. The summed E-state index contributed by atoms with van der Waals surface area (Å²) in [4.78, 5) is 34.7. The number of allylic oxidation sites excluding steroid dienone is 1. The monoisotopic (exact) mass is 459 g/mol. The van der Waals surface area contributed by atoms with E-state index < -0.39 is 5.97 Å². The van der Waals surface area contributed by atoms with Crippen molar-refractivity contribution in [2.45, 2.75) is 32.4 Å². The number of hydrogen-bond acceptors (Lipinski definition) is 6. The van der Waals surface area contributed by atoms with Crippen molar-refractivity contribution in [1.82, 2.24) is 9.80 Å². The zero-order valence-corrected chi connectivity index (χ0v) is 19.5. The fourth-order valence-electron chi connectivity index (χ4n) is 4.67. The highest BCUT2D eigenvalue weighted by Gasteiger charge is 2.41. The van der Waals surface area contributed by atoms with Gasteiger partial charge in [0.2, 0.25) is 5.91 Å². The first-order valence-electron chi connectivity index (χ1n) is 11.0. The Bertz CT molecular complexity index is 1200. The lowest BCUT2D eigenvalue weighted by atomic mass is 9.94. The van der Waals surface area contributed by atoms with Gasteiger partial charge in [0, 0.05) is 18.8 Å². The van der Waals surface area contributed by atoms with E-state index in [1.54, 1.807) is 0 Å². The molecule has 0 N–H and O–H groups in total. The van der Waals surface area contributed by atoms with Gasteiger partial charge < -0.3 is 14.5 Å². The van der Waals surface area contributed by atoms with Gasteiger partial charge in [0.1, 0.15) is 0 Å². The van der Waals surface area contributed by atoms with E-state index in [9.17, 15) is 9.59 Å². The van der Waals surface area contributed by atoms with Gasteiger partial charge in [-0.25, -0.2) is 9.79 Å². The maximum absolute atomic E-state index is 13.3. The molecule has 0 aliphatic carbocycles. The first-order valence-corrected chi connectivity index (χ1v) is 11.9. The van der Waals surface area contributed by atoms with E-state index in [1.165, 1.54) is 30.0 Å². The number of carbonyl (C=O) groups is 2. The normalized spacial score (nSPS) is 19.5. The molecule has 1 amide bonds. The van der Waals surface area contributed by atoms with Gasteiger partial charge in [-0.2, -0.15) is 0 Å². The molecule has 3 heterocycles. The van der Waals surface area contributed by atoms with E-state index in [2.05, 4.69) is 17.1 Å². The number of hydrogen-bond donors (Lipinski definition) is 0. The van der Waals surface area contributed by atoms with Crippen LogP contribution in [0.3, 0.4) is 0 Å². The Hall–Kier alpha value is -3.32. The van der Waals surface area contributed by atoms with Crippen molar-refractivity contribution < 1.29 is 14.3 Å². The molecule has 3 aliphatic rings. The highest BCUT2D eigenvalue weighted by molar-refractivity contribution is 8.16. The van der Waals surface area contributed by atoms with Crippen molar-refractivity contribution >= 4 is 28.8 Å². The Morgan fingerprint density at radius 3 is 2.58 bits per heavy atom. The summed E-state index contributed by atoms with van der Waals surface area (Å²) in [5.74, 6) is -0.324. The molecule has 0 saturated heterocycles. The van der Waals surface area contributed by atoms with Crippen LogP contribution in [0, 0.1) is 0 Å². The molecule has 0 spiro atoms. The molecule has 2 aromatic rings. The highest BCUT2D eigenvalue weighted by atomic mass is 32.2. The summed E-state index contributed by atoms with van der Waals surface area (Å²) in [6.45, 7) is 3.18. The minimum Gasteiger partial charge on any atom is -0.466 e. The van der Waals surface area contributed by atoms with E-state index in [4.69, 9.17) is 4.74 Å². The second kappa shape index (κ2) is 8.90. The number of aliphatic imine (C=N–C) groups is 1. The summed E-state index contributed by atoms with van der Waals surface area (Å²) in [7, 11) is 1.39. The summed E-state index contributed by atoms with van der Waals surface area (Å²) in [5, 5.41) is 2.76. The molecule has 1 unspecified atom stereocenters. The molecule has 5 rings (SSSR count). The average molecular weight is 460 g/mol. The average Bonchev–Trinajstić information content (AvgIpc) is 3.24. The van der Waals surface area contributed by atoms with Crippen LogP contribution < -0.4 is 0 Å². The number of nitrogens with zero attached hydrogens (tertiary/aromatic N) is 3. The lowest BCUT2D eigenvalue weighted by Crippen LogP contribution is -2.40. The van der Waals surface area contributed by atoms with Crippen molar-refractivity contribution in [1.29, 1.82) is 0 Å². The largest absolute Gasteiger partial charge is 0.466 e. The topological polar surface area (TPSA) is 62.2 Å². The fourth-order valence-corrected chi connectivity index (χ4v) is 5.63. The quantitative estimate of drug-likeness (QED) is 0.634. The molecule has 0 aromatic heterocycles. The molecule has 2 aromatic carbocycles. The van der Waals surface area contributed by atoms with Crippen molar-refractivity contribution in [3.05, 3.63) is 93.7 Å². The van der Waals surface area contributed by atoms with Crippen LogP contribution >= 0.6 is 11.8 Å². The molecule has 7 heteroatoms. The molecule has 3 aliphatic heterocycles. The van der Waals surface area contributed by atoms with Crippen LogP contribution in [0.4, 0.5) is 0 Å². The molecule has 33 heavy (non-hydrogen) atoms. The van der Waals surface area contributed by atoms with Crippen LogP contribution in [-0.2, 0) is 27.3 Å². The number of amides is 1. The molecule has 0 radical (unpaired) electrons. The molecule has 0 fully saturated rings. The van der Waals surface area contributed by atoms with Crippen LogP contribution in [0.25, 0.3) is 0 Å². The SMILES string of the molecule is COC(=O)C1=C(C)N=C2SC=C(CC(=O)N3CCc4ccccc4C3)N2C1c1ccccc1. The molecular formula is C26H25N3O3S. The number of rotatable bonds is 4. The van der Waals surface area contributed by atoms with Crippen molar-refractivity contribution in [3.63, 3.8) is 0 Å². The van der Waals surface area contributed by atoms with Gasteiger partial charge in [0.25, 0.3) is 0 Å². The van der Waals surface area contributed by atoms with Gasteiger partial charge in [-0.15, -0.1) is 0 Å². The summed E-state index contributed by atoms with van der Waals surface area (Å²) in [6.07, 6.45) is 1.12. The van der Waals surface area contributed by atoms with Gasteiger partial charge in [-0.05, 0) is 35.4 Å². The summed E-state index contributed by atoms with van der Waals surface area (Å²) in [5.41, 5.74) is 5.47. The molecule has 0 bridgehead atoms. The predicted molar refractivity (Wildman–Crippen MR) is 129 cm³/mol. The highest BCUT2D eigenvalue weighted by Crippen LogP contribution is 2.44. The minimum atomic E-state index is -0.403. The molecule has 6 nitrogen and oxygen atoms in total. The minimum absolute atomic E-state index is 0.0790. The first-order chi connectivity index (χ1) is 16.1. The van der Waals surface area contributed by atoms with E-state index in [0.717, 1.165) is 22.8 Å². The maximum atomic E-state index is 13.3. The second-order valence-corrected chi connectivity index (χ2v) is 9.14. The number of ether oxygens (including phenoxy) is 1. The number of esters is 1.